The van der Waals surface area contributed by atoms with Crippen LogP contribution < -0.4 is 0 Å². The van der Waals surface area contributed by atoms with Crippen LogP contribution in [0.1, 0.15) is 78.6 Å². The van der Waals surface area contributed by atoms with Crippen LogP contribution in [0.3, 0.4) is 0 Å². The van der Waals surface area contributed by atoms with E-state index in [1.807, 2.05) is 31.2 Å². The molecule has 6 rings (SSSR count). The lowest BCUT2D eigenvalue weighted by molar-refractivity contribution is -0.151. The lowest BCUT2D eigenvalue weighted by atomic mass is 9.44. The van der Waals surface area contributed by atoms with Crippen LogP contribution in [0, 0.1) is 40.4 Å². The maximum absolute atomic E-state index is 13.5. The van der Waals surface area contributed by atoms with Crippen molar-refractivity contribution in [3.63, 3.8) is 0 Å². The molecule has 5 heteroatoms. The molecule has 0 unspecified atom stereocenters. The number of nitrogens with zero attached hydrogens (tertiary/aromatic N) is 3. The molecule has 1 heterocycles. The maximum Gasteiger partial charge on any atom is 0.159 e. The van der Waals surface area contributed by atoms with Gasteiger partial charge in [0.25, 0.3) is 0 Å². The highest BCUT2D eigenvalue weighted by Gasteiger charge is 2.61. The van der Waals surface area contributed by atoms with E-state index in [9.17, 15) is 9.90 Å². The van der Waals surface area contributed by atoms with Gasteiger partial charge in [-0.3, -0.25) is 4.79 Å². The minimum atomic E-state index is -0.476. The zero-order valence-corrected chi connectivity index (χ0v) is 20.5. The van der Waals surface area contributed by atoms with E-state index < -0.39 is 5.60 Å². The van der Waals surface area contributed by atoms with Gasteiger partial charge >= 0.3 is 0 Å². The summed E-state index contributed by atoms with van der Waals surface area (Å²) in [5.74, 6) is 3.29. The molecule has 0 aliphatic heterocycles. The van der Waals surface area contributed by atoms with Crippen LogP contribution in [-0.4, -0.2) is 31.5 Å². The fourth-order valence-corrected chi connectivity index (χ4v) is 9.18. The van der Waals surface area contributed by atoms with Gasteiger partial charge in [0, 0.05) is 5.92 Å². The summed E-state index contributed by atoms with van der Waals surface area (Å²) < 4.78 is 0. The van der Waals surface area contributed by atoms with E-state index in [1.54, 1.807) is 4.80 Å². The molecule has 5 nitrogen and oxygen atoms in total. The fraction of sp³-hybridized carbons (Fsp3) is 0.750. The molecule has 1 N–H and O–H groups in total. The molecule has 33 heavy (non-hydrogen) atoms. The lowest BCUT2D eigenvalue weighted by Crippen LogP contribution is -2.55. The first-order chi connectivity index (χ1) is 15.7. The Hall–Kier alpha value is -1.75. The van der Waals surface area contributed by atoms with Crippen molar-refractivity contribution in [2.75, 3.05) is 0 Å². The van der Waals surface area contributed by atoms with Gasteiger partial charge in [0.1, 0.15) is 17.6 Å². The zero-order valence-electron chi connectivity index (χ0n) is 20.5. The molecule has 4 aliphatic carbocycles. The van der Waals surface area contributed by atoms with Crippen molar-refractivity contribution >= 4 is 16.8 Å². The van der Waals surface area contributed by atoms with Crippen LogP contribution in [0.5, 0.6) is 0 Å². The molecule has 0 spiro atoms. The van der Waals surface area contributed by atoms with Crippen LogP contribution in [-0.2, 0) is 11.3 Å². The van der Waals surface area contributed by atoms with Crippen LogP contribution >= 0.6 is 0 Å². The normalized spacial score (nSPS) is 44.8. The first kappa shape index (κ1) is 21.8. The Kier molecular flexibility index (Phi) is 4.86. The van der Waals surface area contributed by atoms with Gasteiger partial charge in [-0.15, -0.1) is 0 Å². The number of benzene rings is 1. The Bertz CT molecular complexity index is 1040. The summed E-state index contributed by atoms with van der Waals surface area (Å²) in [6, 6.07) is 7.84. The maximum atomic E-state index is 13.5. The molecule has 1 aromatic carbocycles. The van der Waals surface area contributed by atoms with Gasteiger partial charge in [-0.1, -0.05) is 26.0 Å². The van der Waals surface area contributed by atoms with Gasteiger partial charge in [0.15, 0.2) is 5.78 Å². The van der Waals surface area contributed by atoms with E-state index in [-0.39, 0.29) is 11.3 Å². The van der Waals surface area contributed by atoms with Crippen molar-refractivity contribution in [3.8, 4) is 0 Å². The number of rotatable bonds is 3. The third kappa shape index (κ3) is 3.32. The molecule has 4 fully saturated rings. The number of fused-ring (bicyclic) bond motifs is 6. The summed E-state index contributed by atoms with van der Waals surface area (Å²) in [5.41, 5.74) is 1.73. The number of Topliss-reactive ketones (excluding diaryl/α,β-unsaturated/α-hetero) is 1. The summed E-state index contributed by atoms with van der Waals surface area (Å²) in [5, 5.41) is 19.8. The van der Waals surface area contributed by atoms with Gasteiger partial charge in [0.2, 0.25) is 0 Å². The van der Waals surface area contributed by atoms with E-state index in [1.165, 1.54) is 32.1 Å². The smallest absolute Gasteiger partial charge is 0.159 e. The van der Waals surface area contributed by atoms with E-state index in [2.05, 4.69) is 24.0 Å². The third-order valence-electron chi connectivity index (χ3n) is 11.0. The second kappa shape index (κ2) is 7.37. The number of carbonyl (C=O) groups is 1. The predicted molar refractivity (Wildman–Crippen MR) is 128 cm³/mol. The minimum absolute atomic E-state index is 0.119. The van der Waals surface area contributed by atoms with Crippen molar-refractivity contribution in [1.29, 1.82) is 0 Å². The molecule has 0 radical (unpaired) electrons. The molecule has 0 bridgehead atoms. The quantitative estimate of drug-likeness (QED) is 0.680. The third-order valence-corrected chi connectivity index (χ3v) is 11.0. The molecule has 8 atom stereocenters. The molecule has 1 aromatic heterocycles. The van der Waals surface area contributed by atoms with Crippen LogP contribution in [0.25, 0.3) is 11.0 Å². The lowest BCUT2D eigenvalue weighted by Gasteiger charge is -2.61. The summed E-state index contributed by atoms with van der Waals surface area (Å²) in [6.45, 7) is 7.31. The average molecular weight is 450 g/mol. The van der Waals surface area contributed by atoms with Crippen LogP contribution in [0.15, 0.2) is 24.3 Å². The Labute approximate surface area is 197 Å². The zero-order chi connectivity index (χ0) is 23.0. The largest absolute Gasteiger partial charge is 0.390 e. The summed E-state index contributed by atoms with van der Waals surface area (Å²) in [6.07, 6.45) is 10.3. The van der Waals surface area contributed by atoms with E-state index in [0.29, 0.717) is 29.6 Å². The number of hydrogen-bond acceptors (Lipinski definition) is 4. The Balaban J connectivity index is 1.21. The topological polar surface area (TPSA) is 68.0 Å². The molecule has 2 aromatic rings. The molecule has 0 saturated heterocycles. The highest BCUT2D eigenvalue weighted by molar-refractivity contribution is 5.82. The number of hydrogen-bond donors (Lipinski definition) is 1. The Morgan fingerprint density at radius 2 is 1.64 bits per heavy atom. The molecular formula is C28H39N3O2. The fourth-order valence-electron chi connectivity index (χ4n) is 9.18. The van der Waals surface area contributed by atoms with Crippen molar-refractivity contribution in [2.45, 2.75) is 90.7 Å². The van der Waals surface area contributed by atoms with Gasteiger partial charge < -0.3 is 5.11 Å². The van der Waals surface area contributed by atoms with E-state index in [0.717, 1.165) is 48.6 Å². The molecule has 4 aliphatic rings. The summed E-state index contributed by atoms with van der Waals surface area (Å²) in [4.78, 5) is 15.2. The second-order valence-corrected chi connectivity index (χ2v) is 12.7. The number of carbonyl (C=O) groups excluding carboxylic acids is 1. The van der Waals surface area contributed by atoms with E-state index in [4.69, 9.17) is 0 Å². The molecular weight excluding hydrogens is 410 g/mol. The van der Waals surface area contributed by atoms with E-state index >= 15 is 0 Å². The molecule has 178 valence electrons. The summed E-state index contributed by atoms with van der Waals surface area (Å²) in [7, 11) is 0. The molecule has 4 saturated carbocycles. The van der Waals surface area contributed by atoms with Crippen LogP contribution in [0.2, 0.25) is 0 Å². The predicted octanol–water partition coefficient (Wildman–Crippen LogP) is 5.41. The number of ketones is 1. The van der Waals surface area contributed by atoms with Crippen LogP contribution in [0.4, 0.5) is 0 Å². The Morgan fingerprint density at radius 1 is 0.939 bits per heavy atom. The van der Waals surface area contributed by atoms with Crippen molar-refractivity contribution < 1.29 is 9.90 Å². The number of aromatic nitrogens is 3. The monoisotopic (exact) mass is 449 g/mol. The van der Waals surface area contributed by atoms with Gasteiger partial charge in [0.05, 0.1) is 5.60 Å². The Morgan fingerprint density at radius 3 is 2.36 bits per heavy atom. The van der Waals surface area contributed by atoms with Gasteiger partial charge in [-0.2, -0.15) is 15.0 Å². The minimum Gasteiger partial charge on any atom is -0.390 e. The molecule has 0 amide bonds. The standard InChI is InChI=1S/C28H39N3O2/c1-26(33)14-15-27(2)18(16-26)8-9-19-20-10-11-22(28(20,3)13-12-21(19)27)25(32)17-31-29-23-6-4-5-7-24(23)30-31/h4-7,18-22,33H,8-17H2,1-3H3/t18-,19+,20+,21+,22-,26-,27+,28+/m1/s1. The second-order valence-electron chi connectivity index (χ2n) is 12.7. The summed E-state index contributed by atoms with van der Waals surface area (Å²) >= 11 is 0. The highest BCUT2D eigenvalue weighted by atomic mass is 16.3. The van der Waals surface area contributed by atoms with Crippen molar-refractivity contribution in [1.82, 2.24) is 15.0 Å². The average Bonchev–Trinajstić information content (AvgIpc) is 3.34. The van der Waals surface area contributed by atoms with Gasteiger partial charge in [-0.05, 0) is 111 Å². The SMILES string of the molecule is C[C@@]1(O)CC[C@@]2(C)[C@H](CC[C@@H]3[C@@H]2CC[C@]2(C)[C@@H](C(=O)Cn4nc5ccccc5n4)CC[C@@H]32)C1. The van der Waals surface area contributed by atoms with Crippen molar-refractivity contribution in [2.24, 2.45) is 40.4 Å². The van der Waals surface area contributed by atoms with Gasteiger partial charge in [-0.25, -0.2) is 0 Å². The first-order valence-electron chi connectivity index (χ1n) is 13.2. The number of aliphatic hydroxyl groups is 1. The van der Waals surface area contributed by atoms with Crippen molar-refractivity contribution in [3.05, 3.63) is 24.3 Å². The first-order valence-corrected chi connectivity index (χ1v) is 13.2. The highest BCUT2D eigenvalue weighted by Crippen LogP contribution is 2.68.